The second-order valence-electron chi connectivity index (χ2n) is 6.22. The van der Waals surface area contributed by atoms with Crippen LogP contribution in [-0.4, -0.2) is 47.3 Å². The number of carbonyl (C=O) groups excluding carboxylic acids is 1. The van der Waals surface area contributed by atoms with Gasteiger partial charge in [-0.15, -0.1) is 0 Å². The highest BCUT2D eigenvalue weighted by Gasteiger charge is 2.15. The van der Waals surface area contributed by atoms with Crippen molar-refractivity contribution in [1.82, 2.24) is 14.9 Å². The third kappa shape index (κ3) is 5.58. The monoisotopic (exact) mass is 396 g/mol. The van der Waals surface area contributed by atoms with Crippen LogP contribution in [0.3, 0.4) is 0 Å². The summed E-state index contributed by atoms with van der Waals surface area (Å²) in [5.41, 5.74) is -0.358. The fourth-order valence-electron chi connectivity index (χ4n) is 2.47. The lowest BCUT2D eigenvalue weighted by molar-refractivity contribution is 0.112. The highest BCUT2D eigenvalue weighted by molar-refractivity contribution is 5.86. The Balaban J connectivity index is 2.30. The summed E-state index contributed by atoms with van der Waals surface area (Å²) in [6, 6.07) is 2.22. The summed E-state index contributed by atoms with van der Waals surface area (Å²) in [4.78, 5) is 24.4. The Hall–Kier alpha value is -2.84. The Labute approximate surface area is 160 Å². The zero-order chi connectivity index (χ0) is 20.7. The number of halogens is 4. The lowest BCUT2D eigenvalue weighted by Crippen LogP contribution is -2.25. The molecule has 0 aliphatic heterocycles. The summed E-state index contributed by atoms with van der Waals surface area (Å²) in [5, 5.41) is 0. The molecule has 2 aromatic rings. The topological polar surface area (TPSA) is 58.5 Å². The van der Waals surface area contributed by atoms with Gasteiger partial charge < -0.3 is 4.90 Å². The molecule has 1 atom stereocenters. The molecule has 0 amide bonds. The molecule has 0 spiro atoms. The molecule has 1 heterocycles. The number of aldehydes is 1. The minimum Gasteiger partial charge on any atom is -0.363 e. The quantitative estimate of drug-likeness (QED) is 0.265. The average Bonchev–Trinajstić information content (AvgIpc) is 2.66. The van der Waals surface area contributed by atoms with E-state index in [1.54, 1.807) is 7.05 Å². The van der Waals surface area contributed by atoms with Gasteiger partial charge in [-0.3, -0.25) is 4.79 Å². The average molecular weight is 396 g/mol. The van der Waals surface area contributed by atoms with E-state index < -0.39 is 18.4 Å². The summed E-state index contributed by atoms with van der Waals surface area (Å²) < 4.78 is 53.2. The first-order valence-corrected chi connectivity index (χ1v) is 8.63. The van der Waals surface area contributed by atoms with E-state index in [1.807, 2.05) is 6.92 Å². The van der Waals surface area contributed by atoms with Gasteiger partial charge in [-0.2, -0.15) is 0 Å². The molecule has 0 bridgehead atoms. The molecule has 1 aromatic heterocycles. The van der Waals surface area contributed by atoms with E-state index in [0.29, 0.717) is 19.1 Å². The molecule has 5 nitrogen and oxygen atoms in total. The zero-order valence-corrected chi connectivity index (χ0v) is 15.4. The van der Waals surface area contributed by atoms with Crippen LogP contribution in [0.5, 0.6) is 0 Å². The normalized spacial score (nSPS) is 12.5. The van der Waals surface area contributed by atoms with Crippen molar-refractivity contribution < 1.29 is 22.4 Å². The van der Waals surface area contributed by atoms with Crippen molar-refractivity contribution in [2.75, 3.05) is 13.6 Å². The van der Waals surface area contributed by atoms with E-state index in [2.05, 4.69) is 15.0 Å². The van der Waals surface area contributed by atoms with E-state index in [1.165, 1.54) is 17.3 Å². The third-order valence-electron chi connectivity index (χ3n) is 3.89. The number of nitrogens with zero attached hydrogens (tertiary/aromatic N) is 4. The van der Waals surface area contributed by atoms with Crippen molar-refractivity contribution in [2.45, 2.75) is 32.4 Å². The number of hydrogen-bond acceptors (Lipinski definition) is 4. The van der Waals surface area contributed by atoms with Gasteiger partial charge in [0.25, 0.3) is 6.43 Å². The van der Waals surface area contributed by atoms with Crippen LogP contribution in [0.2, 0.25) is 0 Å². The third-order valence-corrected chi connectivity index (χ3v) is 3.89. The van der Waals surface area contributed by atoms with Crippen molar-refractivity contribution in [3.63, 3.8) is 0 Å². The molecule has 0 aliphatic carbocycles. The Bertz CT molecular complexity index is 827. The van der Waals surface area contributed by atoms with Crippen LogP contribution in [0, 0.1) is 5.82 Å². The molecule has 1 unspecified atom stereocenters. The number of aromatic nitrogens is 2. The highest BCUT2D eigenvalue weighted by atomic mass is 19.3. The van der Waals surface area contributed by atoms with Crippen LogP contribution in [-0.2, 0) is 0 Å². The fraction of sp³-hybridized carbons (Fsp3) is 0.368. The largest absolute Gasteiger partial charge is 0.363 e. The Morgan fingerprint density at radius 2 is 1.89 bits per heavy atom. The standard InChI is InChI=1S/C19H20F4N4O/c1-3-4-14(20)9-27(2)11-26-17-6-15(16(21)5-12(17)10-28)19-24-7-13(8-25-19)18(22)23/h5-8,10-11,14,18H,3-4,9H2,1-2H3. The maximum absolute atomic E-state index is 14.3. The van der Waals surface area contributed by atoms with Gasteiger partial charge in [0, 0.05) is 31.5 Å². The zero-order valence-electron chi connectivity index (χ0n) is 15.4. The predicted molar refractivity (Wildman–Crippen MR) is 98.4 cm³/mol. The van der Waals surface area contributed by atoms with Gasteiger partial charge >= 0.3 is 0 Å². The molecule has 1 aromatic carbocycles. The molecule has 0 fully saturated rings. The smallest absolute Gasteiger partial charge is 0.266 e. The Kier molecular flexibility index (Phi) is 7.60. The molecular weight excluding hydrogens is 376 g/mol. The highest BCUT2D eigenvalue weighted by Crippen LogP contribution is 2.28. The molecule has 2 rings (SSSR count). The van der Waals surface area contributed by atoms with E-state index in [9.17, 15) is 22.4 Å². The summed E-state index contributed by atoms with van der Waals surface area (Å²) in [6.07, 6.45) is 0.981. The fourth-order valence-corrected chi connectivity index (χ4v) is 2.47. The first kappa shape index (κ1) is 21.5. The summed E-state index contributed by atoms with van der Waals surface area (Å²) in [6.45, 7) is 2.01. The molecule has 150 valence electrons. The molecule has 0 saturated heterocycles. The van der Waals surface area contributed by atoms with E-state index in [-0.39, 0.29) is 34.7 Å². The van der Waals surface area contributed by atoms with Crippen LogP contribution in [0.1, 0.15) is 42.1 Å². The second kappa shape index (κ2) is 9.91. The second-order valence-corrected chi connectivity index (χ2v) is 6.22. The van der Waals surface area contributed by atoms with Crippen LogP contribution >= 0.6 is 0 Å². The number of aliphatic imine (C=N–C) groups is 1. The minimum atomic E-state index is -2.74. The summed E-state index contributed by atoms with van der Waals surface area (Å²) in [7, 11) is 1.63. The molecule has 0 radical (unpaired) electrons. The lowest BCUT2D eigenvalue weighted by Gasteiger charge is -2.16. The maximum atomic E-state index is 14.3. The first-order chi connectivity index (χ1) is 13.3. The lowest BCUT2D eigenvalue weighted by atomic mass is 10.1. The van der Waals surface area contributed by atoms with Crippen molar-refractivity contribution in [2.24, 2.45) is 4.99 Å². The minimum absolute atomic E-state index is 0.0135. The van der Waals surface area contributed by atoms with Crippen molar-refractivity contribution in [1.29, 1.82) is 0 Å². The molecule has 28 heavy (non-hydrogen) atoms. The van der Waals surface area contributed by atoms with Crippen LogP contribution in [0.25, 0.3) is 11.4 Å². The maximum Gasteiger partial charge on any atom is 0.266 e. The van der Waals surface area contributed by atoms with Crippen molar-refractivity contribution in [3.05, 3.63) is 41.5 Å². The van der Waals surface area contributed by atoms with E-state index >= 15 is 0 Å². The van der Waals surface area contributed by atoms with Crippen LogP contribution in [0.15, 0.2) is 29.5 Å². The molecule has 0 saturated carbocycles. The van der Waals surface area contributed by atoms with Gasteiger partial charge in [0.1, 0.15) is 12.0 Å². The summed E-state index contributed by atoms with van der Waals surface area (Å²) in [5.74, 6) is -0.901. The molecule has 0 aliphatic rings. The number of carbonyl (C=O) groups is 1. The van der Waals surface area contributed by atoms with Crippen LogP contribution in [0.4, 0.5) is 23.2 Å². The van der Waals surface area contributed by atoms with E-state index in [0.717, 1.165) is 18.5 Å². The molecule has 9 heteroatoms. The SMILES string of the molecule is CCCC(F)CN(C)C=Nc1cc(-c2ncc(C(F)F)cn2)c(F)cc1C=O. The van der Waals surface area contributed by atoms with Gasteiger partial charge in [-0.25, -0.2) is 32.5 Å². The molecular formula is C19H20F4N4O. The van der Waals surface area contributed by atoms with Gasteiger partial charge in [0.15, 0.2) is 12.1 Å². The van der Waals surface area contributed by atoms with Gasteiger partial charge in [-0.05, 0) is 18.6 Å². The Morgan fingerprint density at radius 1 is 1.21 bits per heavy atom. The first-order valence-electron chi connectivity index (χ1n) is 8.63. The molecule has 0 N–H and O–H groups in total. The van der Waals surface area contributed by atoms with Gasteiger partial charge in [0.05, 0.1) is 23.2 Å². The summed E-state index contributed by atoms with van der Waals surface area (Å²) >= 11 is 0. The van der Waals surface area contributed by atoms with Crippen molar-refractivity contribution in [3.8, 4) is 11.4 Å². The van der Waals surface area contributed by atoms with Crippen LogP contribution < -0.4 is 0 Å². The van der Waals surface area contributed by atoms with E-state index in [4.69, 9.17) is 0 Å². The number of hydrogen-bond donors (Lipinski definition) is 0. The predicted octanol–water partition coefficient (Wildman–Crippen LogP) is 4.76. The number of rotatable bonds is 9. The van der Waals surface area contributed by atoms with Crippen molar-refractivity contribution >= 4 is 18.3 Å². The van der Waals surface area contributed by atoms with Gasteiger partial charge in [-0.1, -0.05) is 13.3 Å². The number of benzene rings is 1. The van der Waals surface area contributed by atoms with Gasteiger partial charge in [0.2, 0.25) is 0 Å². The Morgan fingerprint density at radius 3 is 2.46 bits per heavy atom. The number of alkyl halides is 3.